The summed E-state index contributed by atoms with van der Waals surface area (Å²) in [6, 6.07) is 4.84. The highest BCUT2D eigenvalue weighted by Gasteiger charge is 2.43. The number of hydrogen-bond acceptors (Lipinski definition) is 5. The number of aliphatic hydroxyl groups is 2. The molecular weight excluding hydrogens is 308 g/mol. The lowest BCUT2D eigenvalue weighted by atomic mass is 9.95. The molecule has 1 saturated carbocycles. The molecular formula is C17H22N4O3. The molecule has 0 spiro atoms. The minimum Gasteiger partial charge on any atom is -0.390 e. The maximum atomic E-state index is 12.6. The zero-order valence-corrected chi connectivity index (χ0v) is 13.8. The van der Waals surface area contributed by atoms with Crippen LogP contribution in [0, 0.1) is 6.92 Å². The zero-order chi connectivity index (χ0) is 17.3. The second kappa shape index (κ2) is 6.70. The lowest BCUT2D eigenvalue weighted by Crippen LogP contribution is -2.45. The molecule has 1 fully saturated rings. The summed E-state index contributed by atoms with van der Waals surface area (Å²) in [6.45, 7) is 4.32. The summed E-state index contributed by atoms with van der Waals surface area (Å²) >= 11 is 0. The molecule has 2 aromatic rings. The molecule has 2 aromatic heterocycles. The van der Waals surface area contributed by atoms with Gasteiger partial charge >= 0.3 is 0 Å². The zero-order valence-electron chi connectivity index (χ0n) is 13.8. The number of rotatable bonds is 4. The van der Waals surface area contributed by atoms with Crippen molar-refractivity contribution in [2.75, 3.05) is 0 Å². The number of aliphatic hydroxyl groups excluding tert-OH is 2. The molecule has 24 heavy (non-hydrogen) atoms. The third kappa shape index (κ3) is 3.05. The SMILES string of the molecule is CCn1nc(C)cc1C(=O)N[C@H]1[C@H](O)[C@H](O)C[C@@H]1c1cccnc1. The number of amides is 1. The Kier molecular flexibility index (Phi) is 4.64. The van der Waals surface area contributed by atoms with E-state index < -0.39 is 18.2 Å². The first-order valence-electron chi connectivity index (χ1n) is 8.12. The Balaban J connectivity index is 1.84. The van der Waals surface area contributed by atoms with E-state index in [1.807, 2.05) is 19.9 Å². The van der Waals surface area contributed by atoms with Gasteiger partial charge in [-0.2, -0.15) is 5.10 Å². The molecule has 3 rings (SSSR count). The van der Waals surface area contributed by atoms with Gasteiger partial charge in [-0.1, -0.05) is 6.07 Å². The largest absolute Gasteiger partial charge is 0.390 e. The van der Waals surface area contributed by atoms with Gasteiger partial charge in [0.05, 0.1) is 17.8 Å². The van der Waals surface area contributed by atoms with Crippen molar-refractivity contribution in [3.05, 3.63) is 47.5 Å². The number of pyridine rings is 1. The van der Waals surface area contributed by atoms with Crippen LogP contribution in [0.5, 0.6) is 0 Å². The number of nitrogens with zero attached hydrogens (tertiary/aromatic N) is 3. The van der Waals surface area contributed by atoms with E-state index in [9.17, 15) is 15.0 Å². The number of carbonyl (C=O) groups is 1. The second-order valence-electron chi connectivity index (χ2n) is 6.17. The molecule has 4 atom stereocenters. The van der Waals surface area contributed by atoms with Crippen molar-refractivity contribution in [3.63, 3.8) is 0 Å². The monoisotopic (exact) mass is 330 g/mol. The van der Waals surface area contributed by atoms with Crippen molar-refractivity contribution in [1.82, 2.24) is 20.1 Å². The molecule has 0 unspecified atom stereocenters. The number of nitrogens with one attached hydrogen (secondary N) is 1. The van der Waals surface area contributed by atoms with Crippen molar-refractivity contribution in [2.45, 2.75) is 51.0 Å². The number of aryl methyl sites for hydroxylation is 2. The van der Waals surface area contributed by atoms with E-state index in [0.717, 1.165) is 11.3 Å². The van der Waals surface area contributed by atoms with Gasteiger partial charge in [0.2, 0.25) is 0 Å². The van der Waals surface area contributed by atoms with Crippen molar-refractivity contribution in [3.8, 4) is 0 Å². The molecule has 128 valence electrons. The molecule has 1 amide bonds. The molecule has 7 nitrogen and oxygen atoms in total. The summed E-state index contributed by atoms with van der Waals surface area (Å²) in [6.07, 6.45) is 1.86. The minimum absolute atomic E-state index is 0.188. The third-order valence-electron chi connectivity index (χ3n) is 4.54. The van der Waals surface area contributed by atoms with Crippen LogP contribution in [-0.4, -0.2) is 49.1 Å². The standard InChI is InChI=1S/C17H22N4O3/c1-3-21-13(7-10(2)20-21)17(24)19-15-12(8-14(22)16(15)23)11-5-4-6-18-9-11/h4-7,9,12,14-16,22-23H,3,8H2,1-2H3,(H,19,24)/t12-,14-,15-,16-/m1/s1. The first-order chi connectivity index (χ1) is 11.5. The molecule has 2 heterocycles. The van der Waals surface area contributed by atoms with E-state index in [2.05, 4.69) is 15.4 Å². The first kappa shape index (κ1) is 16.6. The van der Waals surface area contributed by atoms with Crippen molar-refractivity contribution < 1.29 is 15.0 Å². The molecule has 1 aliphatic carbocycles. The number of aromatic nitrogens is 3. The molecule has 0 aliphatic heterocycles. The Hall–Kier alpha value is -2.25. The average Bonchev–Trinajstić information content (AvgIpc) is 3.10. The van der Waals surface area contributed by atoms with E-state index in [4.69, 9.17) is 0 Å². The van der Waals surface area contributed by atoms with Gasteiger partial charge in [0.15, 0.2) is 0 Å². The lowest BCUT2D eigenvalue weighted by molar-refractivity contribution is 0.0293. The number of carbonyl (C=O) groups excluding carboxylic acids is 1. The summed E-state index contributed by atoms with van der Waals surface area (Å²) < 4.78 is 1.63. The van der Waals surface area contributed by atoms with Crippen LogP contribution >= 0.6 is 0 Å². The van der Waals surface area contributed by atoms with Gasteiger partial charge < -0.3 is 15.5 Å². The Morgan fingerprint density at radius 1 is 1.46 bits per heavy atom. The van der Waals surface area contributed by atoms with Gasteiger partial charge in [0, 0.05) is 24.9 Å². The highest BCUT2D eigenvalue weighted by molar-refractivity contribution is 5.93. The smallest absolute Gasteiger partial charge is 0.269 e. The van der Waals surface area contributed by atoms with Crippen LogP contribution in [0.25, 0.3) is 0 Å². The normalized spacial score (nSPS) is 26.5. The number of hydrogen-bond donors (Lipinski definition) is 3. The van der Waals surface area contributed by atoms with Crippen molar-refractivity contribution >= 4 is 5.91 Å². The summed E-state index contributed by atoms with van der Waals surface area (Å²) in [4.78, 5) is 16.7. The fourth-order valence-corrected chi connectivity index (χ4v) is 3.34. The molecule has 0 aromatic carbocycles. The van der Waals surface area contributed by atoms with Crippen LogP contribution in [0.4, 0.5) is 0 Å². The van der Waals surface area contributed by atoms with Gasteiger partial charge in [0.25, 0.3) is 5.91 Å². The molecule has 3 N–H and O–H groups in total. The Morgan fingerprint density at radius 3 is 2.92 bits per heavy atom. The molecule has 1 aliphatic rings. The van der Waals surface area contributed by atoms with Gasteiger partial charge in [0.1, 0.15) is 11.8 Å². The fraction of sp³-hybridized carbons (Fsp3) is 0.471. The Morgan fingerprint density at radius 2 is 2.25 bits per heavy atom. The Bertz CT molecular complexity index is 716. The summed E-state index contributed by atoms with van der Waals surface area (Å²) in [5.74, 6) is -0.490. The predicted octanol–water partition coefficient (Wildman–Crippen LogP) is 0.614. The average molecular weight is 330 g/mol. The molecule has 0 radical (unpaired) electrons. The van der Waals surface area contributed by atoms with Gasteiger partial charge in [-0.3, -0.25) is 14.5 Å². The summed E-state index contributed by atoms with van der Waals surface area (Å²) in [5.41, 5.74) is 2.10. The summed E-state index contributed by atoms with van der Waals surface area (Å²) in [7, 11) is 0. The van der Waals surface area contributed by atoms with E-state index >= 15 is 0 Å². The first-order valence-corrected chi connectivity index (χ1v) is 8.12. The van der Waals surface area contributed by atoms with E-state index in [-0.39, 0.29) is 11.8 Å². The van der Waals surface area contributed by atoms with Gasteiger partial charge in [-0.15, -0.1) is 0 Å². The minimum atomic E-state index is -1.02. The van der Waals surface area contributed by atoms with Crippen LogP contribution in [-0.2, 0) is 6.54 Å². The van der Waals surface area contributed by atoms with Crippen molar-refractivity contribution in [1.29, 1.82) is 0 Å². The van der Waals surface area contributed by atoms with Crippen LogP contribution in [0.1, 0.15) is 41.0 Å². The van der Waals surface area contributed by atoms with E-state index in [1.54, 1.807) is 29.2 Å². The Labute approximate surface area is 140 Å². The topological polar surface area (TPSA) is 100 Å². The molecule has 7 heteroatoms. The highest BCUT2D eigenvalue weighted by Crippen LogP contribution is 2.35. The van der Waals surface area contributed by atoms with E-state index in [0.29, 0.717) is 18.7 Å². The fourth-order valence-electron chi connectivity index (χ4n) is 3.34. The highest BCUT2D eigenvalue weighted by atomic mass is 16.3. The predicted molar refractivity (Wildman–Crippen MR) is 87.5 cm³/mol. The quantitative estimate of drug-likeness (QED) is 0.763. The maximum Gasteiger partial charge on any atom is 0.269 e. The van der Waals surface area contributed by atoms with Gasteiger partial charge in [-0.05, 0) is 38.0 Å². The maximum absolute atomic E-state index is 12.6. The van der Waals surface area contributed by atoms with Crippen LogP contribution in [0.2, 0.25) is 0 Å². The van der Waals surface area contributed by atoms with Crippen LogP contribution in [0.3, 0.4) is 0 Å². The van der Waals surface area contributed by atoms with Crippen molar-refractivity contribution in [2.24, 2.45) is 0 Å². The molecule has 0 saturated heterocycles. The van der Waals surface area contributed by atoms with Crippen LogP contribution < -0.4 is 5.32 Å². The lowest BCUT2D eigenvalue weighted by Gasteiger charge is -2.23. The van der Waals surface area contributed by atoms with E-state index in [1.165, 1.54) is 0 Å². The van der Waals surface area contributed by atoms with Gasteiger partial charge in [-0.25, -0.2) is 0 Å². The van der Waals surface area contributed by atoms with Crippen LogP contribution in [0.15, 0.2) is 30.6 Å². The molecule has 0 bridgehead atoms. The second-order valence-corrected chi connectivity index (χ2v) is 6.17. The third-order valence-corrected chi connectivity index (χ3v) is 4.54. The summed E-state index contributed by atoms with van der Waals surface area (Å²) in [5, 5.41) is 27.5.